The van der Waals surface area contributed by atoms with Gasteiger partial charge in [0.2, 0.25) is 11.8 Å². The van der Waals surface area contributed by atoms with Crippen molar-refractivity contribution in [2.75, 3.05) is 11.9 Å². The molecule has 2 aromatic carbocycles. The van der Waals surface area contributed by atoms with Gasteiger partial charge in [0.1, 0.15) is 17.7 Å². The maximum Gasteiger partial charge on any atom is 0.408 e. The fourth-order valence-corrected chi connectivity index (χ4v) is 3.79. The number of benzene rings is 2. The summed E-state index contributed by atoms with van der Waals surface area (Å²) in [6.07, 6.45) is 0.452. The fourth-order valence-electron chi connectivity index (χ4n) is 3.79. The van der Waals surface area contributed by atoms with Crippen molar-refractivity contribution in [3.05, 3.63) is 77.9 Å². The summed E-state index contributed by atoms with van der Waals surface area (Å²) in [6, 6.07) is 12.3. The molecule has 0 radical (unpaired) electrons. The fraction of sp³-hybridized carbons (Fsp3) is 0.379. The van der Waals surface area contributed by atoms with Crippen LogP contribution in [0.3, 0.4) is 0 Å². The molecule has 0 aliphatic heterocycles. The van der Waals surface area contributed by atoms with Gasteiger partial charge >= 0.3 is 6.09 Å². The summed E-state index contributed by atoms with van der Waals surface area (Å²) in [5, 5.41) is 5.48. The molecule has 0 saturated heterocycles. The van der Waals surface area contributed by atoms with Crippen molar-refractivity contribution in [3.8, 4) is 0 Å². The summed E-state index contributed by atoms with van der Waals surface area (Å²) in [4.78, 5) is 53.1. The van der Waals surface area contributed by atoms with Crippen LogP contribution in [0.4, 0.5) is 10.5 Å². The second-order valence-electron chi connectivity index (χ2n) is 10.1. The van der Waals surface area contributed by atoms with E-state index < -0.39 is 41.5 Å². The standard InChI is InChI=1S/C29H38N4O5/c1-7-18-33(27(36)23(16-17-24(30)34)32-28(37)38-29(4,5)6)25(21-14-12-19(2)13-15-21)26(35)31-22-11-9-8-10-20(22)3/h7-15,23,25H,1,16-18H2,2-6H3,(H2,30,34)(H,31,35)(H,32,37). The molecule has 0 fully saturated rings. The van der Waals surface area contributed by atoms with Crippen molar-refractivity contribution < 1.29 is 23.9 Å². The monoisotopic (exact) mass is 522 g/mol. The lowest BCUT2D eigenvalue weighted by Gasteiger charge is -2.34. The summed E-state index contributed by atoms with van der Waals surface area (Å²) in [6.45, 7) is 12.6. The lowest BCUT2D eigenvalue weighted by Crippen LogP contribution is -2.52. The Labute approximate surface area is 224 Å². The molecule has 0 aliphatic rings. The zero-order valence-electron chi connectivity index (χ0n) is 22.7. The van der Waals surface area contributed by atoms with E-state index in [1.165, 1.54) is 11.0 Å². The van der Waals surface area contributed by atoms with E-state index in [-0.39, 0.29) is 19.4 Å². The van der Waals surface area contributed by atoms with E-state index in [2.05, 4.69) is 17.2 Å². The van der Waals surface area contributed by atoms with E-state index in [1.54, 1.807) is 45.0 Å². The summed E-state index contributed by atoms with van der Waals surface area (Å²) in [5.74, 6) is -1.65. The number of alkyl carbamates (subject to hydrolysis) is 1. The maximum absolute atomic E-state index is 13.9. The van der Waals surface area contributed by atoms with Crippen LogP contribution < -0.4 is 16.4 Å². The van der Waals surface area contributed by atoms with Gasteiger partial charge in [-0.2, -0.15) is 0 Å². The number of aryl methyl sites for hydroxylation is 2. The molecule has 2 rings (SSSR count). The minimum Gasteiger partial charge on any atom is -0.444 e. The highest BCUT2D eigenvalue weighted by Gasteiger charge is 2.36. The molecule has 2 unspecified atom stereocenters. The summed E-state index contributed by atoms with van der Waals surface area (Å²) < 4.78 is 5.33. The molecule has 0 heterocycles. The molecule has 4 N–H and O–H groups in total. The average molecular weight is 523 g/mol. The third kappa shape index (κ3) is 9.06. The second kappa shape index (κ2) is 13.4. The van der Waals surface area contributed by atoms with Gasteiger partial charge in [0.05, 0.1) is 0 Å². The molecule has 0 spiro atoms. The number of nitrogens with one attached hydrogen (secondary N) is 2. The van der Waals surface area contributed by atoms with Gasteiger partial charge in [0.25, 0.3) is 5.91 Å². The van der Waals surface area contributed by atoms with Crippen molar-refractivity contribution in [1.82, 2.24) is 10.2 Å². The largest absolute Gasteiger partial charge is 0.444 e. The number of carbonyl (C=O) groups excluding carboxylic acids is 4. The topological polar surface area (TPSA) is 131 Å². The van der Waals surface area contributed by atoms with Gasteiger partial charge in [-0.25, -0.2) is 4.79 Å². The number of amides is 4. The summed E-state index contributed by atoms with van der Waals surface area (Å²) in [5.41, 5.74) is 7.55. The van der Waals surface area contributed by atoms with E-state index in [4.69, 9.17) is 10.5 Å². The number of para-hydroxylation sites is 1. The van der Waals surface area contributed by atoms with Gasteiger partial charge in [0, 0.05) is 18.7 Å². The minimum absolute atomic E-state index is 0.00163. The molecule has 2 aromatic rings. The number of carbonyl (C=O) groups is 4. The van der Waals surface area contributed by atoms with Crippen molar-refractivity contribution in [1.29, 1.82) is 0 Å². The molecule has 2 atom stereocenters. The molecule has 4 amide bonds. The molecule has 9 heteroatoms. The van der Waals surface area contributed by atoms with E-state index in [1.807, 2.05) is 38.1 Å². The zero-order valence-corrected chi connectivity index (χ0v) is 22.7. The molecule has 204 valence electrons. The van der Waals surface area contributed by atoms with Gasteiger partial charge in [-0.05, 0) is 58.2 Å². The van der Waals surface area contributed by atoms with E-state index >= 15 is 0 Å². The van der Waals surface area contributed by atoms with Gasteiger partial charge in [-0.1, -0.05) is 54.1 Å². The van der Waals surface area contributed by atoms with Crippen molar-refractivity contribution in [2.24, 2.45) is 5.73 Å². The van der Waals surface area contributed by atoms with Crippen LogP contribution in [-0.2, 0) is 19.1 Å². The first kappa shape index (κ1) is 30.1. The summed E-state index contributed by atoms with van der Waals surface area (Å²) in [7, 11) is 0. The quantitative estimate of drug-likeness (QED) is 0.382. The van der Waals surface area contributed by atoms with Crippen LogP contribution in [0.2, 0.25) is 0 Å². The first-order valence-corrected chi connectivity index (χ1v) is 12.4. The number of primary amides is 1. The Kier molecular flexibility index (Phi) is 10.6. The Morgan fingerprint density at radius 3 is 2.24 bits per heavy atom. The first-order chi connectivity index (χ1) is 17.8. The van der Waals surface area contributed by atoms with Crippen LogP contribution >= 0.6 is 0 Å². The predicted octanol–water partition coefficient (Wildman–Crippen LogP) is 4.16. The number of hydrogen-bond acceptors (Lipinski definition) is 5. The van der Waals surface area contributed by atoms with Crippen LogP contribution in [-0.4, -0.2) is 46.9 Å². The normalized spacial score (nSPS) is 12.6. The van der Waals surface area contributed by atoms with E-state index in [9.17, 15) is 19.2 Å². The lowest BCUT2D eigenvalue weighted by molar-refractivity contribution is -0.140. The highest BCUT2D eigenvalue weighted by atomic mass is 16.6. The number of nitrogens with two attached hydrogens (primary N) is 1. The van der Waals surface area contributed by atoms with Gasteiger partial charge < -0.3 is 26.0 Å². The van der Waals surface area contributed by atoms with E-state index in [0.717, 1.165) is 11.1 Å². The predicted molar refractivity (Wildman–Crippen MR) is 147 cm³/mol. The average Bonchev–Trinajstić information content (AvgIpc) is 2.82. The number of rotatable bonds is 11. The number of ether oxygens (including phenoxy) is 1. The van der Waals surface area contributed by atoms with E-state index in [0.29, 0.717) is 11.3 Å². The lowest BCUT2D eigenvalue weighted by atomic mass is 10.00. The zero-order chi connectivity index (χ0) is 28.5. The Bertz CT molecular complexity index is 1150. The molecule has 0 aromatic heterocycles. The van der Waals surface area contributed by atoms with Crippen molar-refractivity contribution in [3.63, 3.8) is 0 Å². The molecule has 0 bridgehead atoms. The number of nitrogens with zero attached hydrogens (tertiary/aromatic N) is 1. The first-order valence-electron chi connectivity index (χ1n) is 12.4. The summed E-state index contributed by atoms with van der Waals surface area (Å²) >= 11 is 0. The molecular formula is C29H38N4O5. The SMILES string of the molecule is C=CCN(C(=O)C(CCC(N)=O)NC(=O)OC(C)(C)C)C(C(=O)Nc1ccccc1C)c1ccc(C)cc1. The van der Waals surface area contributed by atoms with Gasteiger partial charge in [-0.15, -0.1) is 6.58 Å². The third-order valence-electron chi connectivity index (χ3n) is 5.63. The number of hydrogen-bond donors (Lipinski definition) is 3. The van der Waals surface area contributed by atoms with Gasteiger partial charge in [0.15, 0.2) is 0 Å². The molecular weight excluding hydrogens is 484 g/mol. The maximum atomic E-state index is 13.9. The Hall–Kier alpha value is -4.14. The Morgan fingerprint density at radius 2 is 1.68 bits per heavy atom. The Morgan fingerprint density at radius 1 is 1.05 bits per heavy atom. The van der Waals surface area contributed by atoms with Crippen LogP contribution in [0, 0.1) is 13.8 Å². The highest BCUT2D eigenvalue weighted by molar-refractivity contribution is 5.99. The second-order valence-corrected chi connectivity index (χ2v) is 10.1. The van der Waals surface area contributed by atoms with Gasteiger partial charge in [-0.3, -0.25) is 14.4 Å². The smallest absolute Gasteiger partial charge is 0.408 e. The van der Waals surface area contributed by atoms with Crippen molar-refractivity contribution >= 4 is 29.5 Å². The van der Waals surface area contributed by atoms with Crippen molar-refractivity contribution in [2.45, 2.75) is 65.1 Å². The van der Waals surface area contributed by atoms with Crippen LogP contribution in [0.25, 0.3) is 0 Å². The minimum atomic E-state index is -1.17. The highest BCUT2D eigenvalue weighted by Crippen LogP contribution is 2.26. The van der Waals surface area contributed by atoms with Crippen LogP contribution in [0.1, 0.15) is 56.3 Å². The number of anilines is 1. The molecule has 9 nitrogen and oxygen atoms in total. The third-order valence-corrected chi connectivity index (χ3v) is 5.63. The molecule has 0 aliphatic carbocycles. The Balaban J connectivity index is 2.50. The van der Waals surface area contributed by atoms with Crippen LogP contribution in [0.5, 0.6) is 0 Å². The molecule has 0 saturated carbocycles. The van der Waals surface area contributed by atoms with Crippen LogP contribution in [0.15, 0.2) is 61.2 Å². The molecule has 38 heavy (non-hydrogen) atoms.